The standard InChI is InChI=1S/C10H20S2.C2H6/c1-3-10(12-11-4-2)8-6-5-7-9-10;1-2/h3-9H2,1-2H3;1-2H3. The van der Waals surface area contributed by atoms with Crippen LogP contribution in [0.25, 0.3) is 0 Å². The molecule has 1 rings (SSSR count). The van der Waals surface area contributed by atoms with Crippen molar-refractivity contribution in [2.75, 3.05) is 5.75 Å². The molecule has 0 aromatic rings. The Balaban J connectivity index is 0.000000791. The maximum Gasteiger partial charge on any atom is 0.0261 e. The quantitative estimate of drug-likeness (QED) is 0.587. The van der Waals surface area contributed by atoms with Gasteiger partial charge in [-0.15, -0.1) is 0 Å². The lowest BCUT2D eigenvalue weighted by Crippen LogP contribution is -2.25. The Morgan fingerprint density at radius 2 is 1.57 bits per heavy atom. The minimum atomic E-state index is 0.652. The predicted octanol–water partition coefficient (Wildman–Crippen LogP) is 5.53. The van der Waals surface area contributed by atoms with Crippen LogP contribution in [0, 0.1) is 0 Å². The lowest BCUT2D eigenvalue weighted by Gasteiger charge is -2.35. The molecule has 0 spiro atoms. The van der Waals surface area contributed by atoms with Crippen LogP contribution in [0.4, 0.5) is 0 Å². The van der Waals surface area contributed by atoms with E-state index in [4.69, 9.17) is 0 Å². The van der Waals surface area contributed by atoms with Crippen molar-refractivity contribution in [3.63, 3.8) is 0 Å². The van der Waals surface area contributed by atoms with E-state index in [-0.39, 0.29) is 0 Å². The summed E-state index contributed by atoms with van der Waals surface area (Å²) in [6, 6.07) is 0. The monoisotopic (exact) mass is 234 g/mol. The van der Waals surface area contributed by atoms with Gasteiger partial charge in [0.15, 0.2) is 0 Å². The molecule has 0 atom stereocenters. The van der Waals surface area contributed by atoms with Crippen molar-refractivity contribution < 1.29 is 0 Å². The van der Waals surface area contributed by atoms with Gasteiger partial charge in [-0.1, -0.05) is 68.5 Å². The van der Waals surface area contributed by atoms with Crippen LogP contribution in [-0.4, -0.2) is 10.5 Å². The summed E-state index contributed by atoms with van der Waals surface area (Å²) >= 11 is 0. The maximum absolute atomic E-state index is 2.36. The molecular formula is C12H26S2. The van der Waals surface area contributed by atoms with Crippen LogP contribution in [0.2, 0.25) is 0 Å². The maximum atomic E-state index is 2.36. The van der Waals surface area contributed by atoms with E-state index >= 15 is 0 Å². The highest BCUT2D eigenvalue weighted by molar-refractivity contribution is 8.77. The van der Waals surface area contributed by atoms with E-state index in [1.807, 2.05) is 13.8 Å². The molecule has 0 bridgehead atoms. The zero-order valence-corrected chi connectivity index (χ0v) is 11.9. The lowest BCUT2D eigenvalue weighted by atomic mass is 9.86. The summed E-state index contributed by atoms with van der Waals surface area (Å²) in [5.74, 6) is 1.26. The third-order valence-corrected chi connectivity index (χ3v) is 6.29. The Morgan fingerprint density at radius 1 is 1.00 bits per heavy atom. The van der Waals surface area contributed by atoms with E-state index in [9.17, 15) is 0 Å². The molecule has 0 radical (unpaired) electrons. The molecule has 86 valence electrons. The second-order valence-corrected chi connectivity index (χ2v) is 6.64. The molecule has 2 heteroatoms. The van der Waals surface area contributed by atoms with E-state index in [1.165, 1.54) is 44.3 Å². The van der Waals surface area contributed by atoms with Gasteiger partial charge in [0.1, 0.15) is 0 Å². The van der Waals surface area contributed by atoms with E-state index in [2.05, 4.69) is 35.4 Å². The summed E-state index contributed by atoms with van der Waals surface area (Å²) in [6.45, 7) is 8.61. The van der Waals surface area contributed by atoms with Crippen molar-refractivity contribution in [3.8, 4) is 0 Å². The smallest absolute Gasteiger partial charge is 0.0261 e. The Kier molecular flexibility index (Phi) is 9.41. The summed E-state index contributed by atoms with van der Waals surface area (Å²) in [4.78, 5) is 0. The van der Waals surface area contributed by atoms with Crippen LogP contribution in [0.5, 0.6) is 0 Å². The Labute approximate surface area is 98.4 Å². The van der Waals surface area contributed by atoms with Gasteiger partial charge >= 0.3 is 0 Å². The molecule has 0 aromatic heterocycles. The van der Waals surface area contributed by atoms with Crippen LogP contribution in [0.15, 0.2) is 0 Å². The van der Waals surface area contributed by atoms with Gasteiger partial charge in [-0.25, -0.2) is 0 Å². The zero-order chi connectivity index (χ0) is 10.9. The van der Waals surface area contributed by atoms with Crippen molar-refractivity contribution >= 4 is 21.6 Å². The van der Waals surface area contributed by atoms with Gasteiger partial charge in [0.05, 0.1) is 0 Å². The van der Waals surface area contributed by atoms with Crippen molar-refractivity contribution in [2.24, 2.45) is 0 Å². The predicted molar refractivity (Wildman–Crippen MR) is 73.2 cm³/mol. The first-order valence-electron chi connectivity index (χ1n) is 6.13. The van der Waals surface area contributed by atoms with Gasteiger partial charge in [0.2, 0.25) is 0 Å². The van der Waals surface area contributed by atoms with Gasteiger partial charge in [-0.3, -0.25) is 0 Å². The normalized spacial score (nSPS) is 19.7. The first kappa shape index (κ1) is 14.7. The molecule has 0 unspecified atom stereocenters. The molecule has 0 heterocycles. The van der Waals surface area contributed by atoms with Crippen LogP contribution < -0.4 is 0 Å². The van der Waals surface area contributed by atoms with E-state index in [0.29, 0.717) is 4.75 Å². The molecule has 14 heavy (non-hydrogen) atoms. The average Bonchev–Trinajstić information content (AvgIpc) is 2.30. The molecule has 1 aliphatic rings. The number of rotatable bonds is 4. The minimum absolute atomic E-state index is 0.652. The van der Waals surface area contributed by atoms with Gasteiger partial charge < -0.3 is 0 Å². The fraction of sp³-hybridized carbons (Fsp3) is 1.00. The molecule has 1 fully saturated rings. The highest BCUT2D eigenvalue weighted by atomic mass is 33.1. The van der Waals surface area contributed by atoms with E-state index in [1.54, 1.807) is 0 Å². The van der Waals surface area contributed by atoms with Crippen LogP contribution >= 0.6 is 21.6 Å². The zero-order valence-electron chi connectivity index (χ0n) is 10.3. The van der Waals surface area contributed by atoms with Gasteiger partial charge in [0.25, 0.3) is 0 Å². The van der Waals surface area contributed by atoms with Crippen molar-refractivity contribution in [1.29, 1.82) is 0 Å². The summed E-state index contributed by atoms with van der Waals surface area (Å²) in [5, 5.41) is 0. The first-order chi connectivity index (χ1) is 6.83. The third-order valence-electron chi connectivity index (χ3n) is 2.76. The van der Waals surface area contributed by atoms with Crippen molar-refractivity contribution in [2.45, 2.75) is 71.0 Å². The summed E-state index contributed by atoms with van der Waals surface area (Å²) in [7, 11) is 4.22. The molecule has 1 aliphatic carbocycles. The Morgan fingerprint density at radius 3 is 2.00 bits per heavy atom. The number of hydrogen-bond donors (Lipinski definition) is 0. The Bertz CT molecular complexity index is 117. The average molecular weight is 234 g/mol. The van der Waals surface area contributed by atoms with Crippen LogP contribution in [-0.2, 0) is 0 Å². The lowest BCUT2D eigenvalue weighted by molar-refractivity contribution is 0.390. The molecule has 1 saturated carbocycles. The van der Waals surface area contributed by atoms with Crippen molar-refractivity contribution in [3.05, 3.63) is 0 Å². The topological polar surface area (TPSA) is 0 Å². The van der Waals surface area contributed by atoms with Crippen molar-refractivity contribution in [1.82, 2.24) is 0 Å². The molecule has 0 aliphatic heterocycles. The molecule has 0 N–H and O–H groups in total. The Hall–Kier alpha value is 0.700. The number of hydrogen-bond acceptors (Lipinski definition) is 2. The van der Waals surface area contributed by atoms with E-state index in [0.717, 1.165) is 0 Å². The van der Waals surface area contributed by atoms with Gasteiger partial charge in [-0.2, -0.15) is 0 Å². The molecule has 0 aromatic carbocycles. The highest BCUT2D eigenvalue weighted by Crippen LogP contribution is 2.47. The molecular weight excluding hydrogens is 208 g/mol. The first-order valence-corrected chi connectivity index (χ1v) is 8.45. The fourth-order valence-electron chi connectivity index (χ4n) is 1.88. The third kappa shape index (κ3) is 4.97. The summed E-state index contributed by atoms with van der Waals surface area (Å²) < 4.78 is 0.652. The van der Waals surface area contributed by atoms with Crippen LogP contribution in [0.1, 0.15) is 66.2 Å². The van der Waals surface area contributed by atoms with Gasteiger partial charge in [-0.05, 0) is 19.3 Å². The fourth-order valence-corrected chi connectivity index (χ4v) is 4.77. The largest absolute Gasteiger partial charge is 0.0939 e. The molecule has 0 amide bonds. The molecule has 0 saturated heterocycles. The summed E-state index contributed by atoms with van der Waals surface area (Å²) in [5.41, 5.74) is 0. The van der Waals surface area contributed by atoms with Gasteiger partial charge in [0, 0.05) is 10.5 Å². The van der Waals surface area contributed by atoms with E-state index < -0.39 is 0 Å². The molecule has 0 nitrogen and oxygen atoms in total. The minimum Gasteiger partial charge on any atom is -0.0939 e. The van der Waals surface area contributed by atoms with Crippen LogP contribution in [0.3, 0.4) is 0 Å². The SMILES string of the molecule is CC.CCSSC1(CC)CCCCC1. The highest BCUT2D eigenvalue weighted by Gasteiger charge is 2.30. The second kappa shape index (κ2) is 8.96. The summed E-state index contributed by atoms with van der Waals surface area (Å²) in [6.07, 6.45) is 8.68. The second-order valence-electron chi connectivity index (χ2n) is 3.59.